The Labute approximate surface area is 124 Å². The van der Waals surface area contributed by atoms with Crippen molar-refractivity contribution in [1.82, 2.24) is 14.7 Å². The van der Waals surface area contributed by atoms with Gasteiger partial charge in [0.15, 0.2) is 0 Å². The van der Waals surface area contributed by atoms with E-state index in [1.54, 1.807) is 0 Å². The van der Waals surface area contributed by atoms with Gasteiger partial charge in [-0.15, -0.1) is 0 Å². The summed E-state index contributed by atoms with van der Waals surface area (Å²) in [6.07, 6.45) is 8.16. The molecule has 0 saturated heterocycles. The molecule has 0 aliphatic heterocycles. The lowest BCUT2D eigenvalue weighted by Crippen LogP contribution is -2.66. The molecule has 0 radical (unpaired) electrons. The van der Waals surface area contributed by atoms with Crippen molar-refractivity contribution in [2.45, 2.75) is 56.8 Å². The first kappa shape index (κ1) is 19.1. The Hall–Kier alpha value is 0.0969. The van der Waals surface area contributed by atoms with Crippen molar-refractivity contribution < 1.29 is 0 Å². The van der Waals surface area contributed by atoms with Gasteiger partial charge in [-0.25, -0.2) is 0 Å². The standard InChI is InChI=1S/C15H37N3Si/c1-8-9-10-11-12-13-14(16(2)3)15(19,17(4)5)18(6)7/h14H,8-13H2,1-7,19H3. The zero-order valence-electron chi connectivity index (χ0n) is 14.7. The van der Waals surface area contributed by atoms with Crippen LogP contribution in [0.2, 0.25) is 0 Å². The molecule has 4 heteroatoms. The summed E-state index contributed by atoms with van der Waals surface area (Å²) in [6.45, 7) is 2.28. The molecule has 0 bridgehead atoms. The minimum Gasteiger partial charge on any atom is -0.304 e. The van der Waals surface area contributed by atoms with Crippen molar-refractivity contribution in [1.29, 1.82) is 0 Å². The predicted octanol–water partition coefficient (Wildman–Crippen LogP) is 1.42. The van der Waals surface area contributed by atoms with Crippen molar-refractivity contribution in [2.75, 3.05) is 42.3 Å². The first-order chi connectivity index (χ1) is 8.78. The van der Waals surface area contributed by atoms with Crippen LogP contribution in [0, 0.1) is 0 Å². The first-order valence-electron chi connectivity index (χ1n) is 7.79. The lowest BCUT2D eigenvalue weighted by molar-refractivity contribution is 0.00345. The van der Waals surface area contributed by atoms with Gasteiger partial charge in [-0.2, -0.15) is 0 Å². The minimum absolute atomic E-state index is 0.217. The highest BCUT2D eigenvalue weighted by Gasteiger charge is 2.38. The Balaban J connectivity index is 4.60. The van der Waals surface area contributed by atoms with E-state index in [1.165, 1.54) is 38.5 Å². The van der Waals surface area contributed by atoms with E-state index in [-0.39, 0.29) is 5.29 Å². The second-order valence-corrected chi connectivity index (χ2v) is 8.04. The van der Waals surface area contributed by atoms with Crippen molar-refractivity contribution in [3.8, 4) is 0 Å². The molecule has 0 fully saturated rings. The summed E-state index contributed by atoms with van der Waals surface area (Å²) >= 11 is 0. The fourth-order valence-electron chi connectivity index (χ4n) is 2.96. The Bertz CT molecular complexity index is 221. The Morgan fingerprint density at radius 3 is 1.68 bits per heavy atom. The molecule has 0 aliphatic carbocycles. The zero-order chi connectivity index (χ0) is 15.1. The molecule has 0 amide bonds. The van der Waals surface area contributed by atoms with E-state index in [0.29, 0.717) is 6.04 Å². The topological polar surface area (TPSA) is 9.72 Å². The van der Waals surface area contributed by atoms with Crippen molar-refractivity contribution in [2.24, 2.45) is 0 Å². The molecule has 0 rings (SSSR count). The van der Waals surface area contributed by atoms with Crippen molar-refractivity contribution in [3.05, 3.63) is 0 Å². The Kier molecular flexibility index (Phi) is 9.16. The fraction of sp³-hybridized carbons (Fsp3) is 1.00. The molecule has 0 spiro atoms. The van der Waals surface area contributed by atoms with Gasteiger partial charge >= 0.3 is 0 Å². The Morgan fingerprint density at radius 2 is 1.32 bits per heavy atom. The fourth-order valence-corrected chi connectivity index (χ4v) is 3.76. The van der Waals surface area contributed by atoms with E-state index in [9.17, 15) is 0 Å². The van der Waals surface area contributed by atoms with Gasteiger partial charge in [-0.3, -0.25) is 9.80 Å². The zero-order valence-corrected chi connectivity index (χ0v) is 16.7. The van der Waals surface area contributed by atoms with Crippen LogP contribution in [0.25, 0.3) is 0 Å². The van der Waals surface area contributed by atoms with Crippen molar-refractivity contribution >= 4 is 10.2 Å². The van der Waals surface area contributed by atoms with Crippen LogP contribution in [-0.2, 0) is 0 Å². The normalized spacial score (nSPS) is 14.8. The SMILES string of the molecule is CCCCCCCC(N(C)C)C([SiH3])(N(C)C)N(C)C. The third kappa shape index (κ3) is 5.54. The van der Waals surface area contributed by atoms with Gasteiger partial charge in [0.05, 0.1) is 5.29 Å². The average molecular weight is 288 g/mol. The first-order valence-corrected chi connectivity index (χ1v) is 8.79. The van der Waals surface area contributed by atoms with Crippen LogP contribution >= 0.6 is 0 Å². The number of rotatable bonds is 10. The molecule has 0 heterocycles. The van der Waals surface area contributed by atoms with E-state index in [1.807, 2.05) is 0 Å². The number of hydrogen-bond donors (Lipinski definition) is 0. The second kappa shape index (κ2) is 9.11. The maximum Gasteiger partial charge on any atom is 0.0666 e. The summed E-state index contributed by atoms with van der Waals surface area (Å²) in [5.41, 5.74) is 0. The molecule has 116 valence electrons. The van der Waals surface area contributed by atoms with Crippen LogP contribution < -0.4 is 0 Å². The molecule has 3 nitrogen and oxygen atoms in total. The molecule has 0 aromatic carbocycles. The quantitative estimate of drug-likeness (QED) is 0.342. The van der Waals surface area contributed by atoms with E-state index in [4.69, 9.17) is 0 Å². The maximum absolute atomic E-state index is 2.42. The molecule has 0 aromatic rings. The van der Waals surface area contributed by atoms with Gasteiger partial charge in [0.1, 0.15) is 0 Å². The van der Waals surface area contributed by atoms with Crippen LogP contribution in [0.3, 0.4) is 0 Å². The summed E-state index contributed by atoms with van der Waals surface area (Å²) < 4.78 is 0. The van der Waals surface area contributed by atoms with Crippen LogP contribution in [0.5, 0.6) is 0 Å². The summed E-state index contributed by atoms with van der Waals surface area (Å²) in [6, 6.07) is 0.616. The number of likely N-dealkylation sites (N-methyl/N-ethyl adjacent to an activating group) is 3. The lowest BCUT2D eigenvalue weighted by atomic mass is 10.0. The van der Waals surface area contributed by atoms with Gasteiger partial charge in [-0.1, -0.05) is 39.0 Å². The molecule has 0 N–H and O–H groups in total. The van der Waals surface area contributed by atoms with Gasteiger partial charge in [-0.05, 0) is 48.7 Å². The van der Waals surface area contributed by atoms with Gasteiger partial charge < -0.3 is 4.90 Å². The summed E-state index contributed by atoms with van der Waals surface area (Å²) in [7, 11) is 14.5. The summed E-state index contributed by atoms with van der Waals surface area (Å²) in [4.78, 5) is 7.25. The third-order valence-electron chi connectivity index (χ3n) is 4.65. The number of nitrogens with zero attached hydrogens (tertiary/aromatic N) is 3. The molecular weight excluding hydrogens is 250 g/mol. The van der Waals surface area contributed by atoms with Crippen LogP contribution in [-0.4, -0.2) is 78.6 Å². The van der Waals surface area contributed by atoms with E-state index in [2.05, 4.69) is 63.9 Å². The summed E-state index contributed by atoms with van der Waals surface area (Å²) in [5.74, 6) is 0. The van der Waals surface area contributed by atoms with Gasteiger partial charge in [0.25, 0.3) is 0 Å². The lowest BCUT2D eigenvalue weighted by Gasteiger charge is -2.50. The summed E-state index contributed by atoms with van der Waals surface area (Å²) in [5, 5.41) is 0.217. The van der Waals surface area contributed by atoms with Crippen LogP contribution in [0.4, 0.5) is 0 Å². The number of hydrogen-bond acceptors (Lipinski definition) is 3. The molecule has 1 unspecified atom stereocenters. The molecule has 19 heavy (non-hydrogen) atoms. The molecule has 0 aliphatic rings. The van der Waals surface area contributed by atoms with E-state index < -0.39 is 0 Å². The van der Waals surface area contributed by atoms with Crippen LogP contribution in [0.1, 0.15) is 45.4 Å². The number of unbranched alkanes of at least 4 members (excludes halogenated alkanes) is 4. The highest BCUT2D eigenvalue weighted by atomic mass is 28.1. The molecule has 0 saturated carbocycles. The predicted molar refractivity (Wildman–Crippen MR) is 90.9 cm³/mol. The van der Waals surface area contributed by atoms with E-state index in [0.717, 1.165) is 10.2 Å². The van der Waals surface area contributed by atoms with Crippen LogP contribution in [0.15, 0.2) is 0 Å². The smallest absolute Gasteiger partial charge is 0.0666 e. The molecule has 1 atom stereocenters. The average Bonchev–Trinajstić information content (AvgIpc) is 2.31. The Morgan fingerprint density at radius 1 is 0.842 bits per heavy atom. The van der Waals surface area contributed by atoms with Crippen molar-refractivity contribution in [3.63, 3.8) is 0 Å². The second-order valence-electron chi connectivity index (χ2n) is 6.57. The largest absolute Gasteiger partial charge is 0.304 e. The van der Waals surface area contributed by atoms with E-state index >= 15 is 0 Å². The third-order valence-corrected chi connectivity index (χ3v) is 7.10. The highest BCUT2D eigenvalue weighted by molar-refractivity contribution is 6.15. The van der Waals surface area contributed by atoms with Gasteiger partial charge in [0.2, 0.25) is 0 Å². The molecule has 0 aromatic heterocycles. The minimum atomic E-state index is 0.217. The highest BCUT2D eigenvalue weighted by Crippen LogP contribution is 2.24. The maximum atomic E-state index is 2.42. The van der Waals surface area contributed by atoms with Gasteiger partial charge in [0, 0.05) is 16.3 Å². The monoisotopic (exact) mass is 287 g/mol. The molecular formula is C15H37N3Si.